The van der Waals surface area contributed by atoms with Gasteiger partial charge in [0.05, 0.1) is 0 Å². The van der Waals surface area contributed by atoms with E-state index in [2.05, 4.69) is 33.9 Å². The maximum atomic E-state index is 13.8. The maximum Gasteiger partial charge on any atom is 0.220 e. The van der Waals surface area contributed by atoms with Crippen molar-refractivity contribution in [2.45, 2.75) is 51.6 Å². The van der Waals surface area contributed by atoms with Crippen LogP contribution in [0, 0.1) is 11.7 Å². The van der Waals surface area contributed by atoms with Gasteiger partial charge in [0.1, 0.15) is 17.2 Å². The van der Waals surface area contributed by atoms with E-state index in [9.17, 15) is 9.18 Å². The van der Waals surface area contributed by atoms with Crippen LogP contribution in [-0.2, 0) is 10.3 Å². The Bertz CT molecular complexity index is 1060. The number of fused-ring (bicyclic) bond motifs is 3. The Kier molecular flexibility index (Phi) is 5.00. The number of nitrogens with one attached hydrogen (secondary N) is 1. The average molecular weight is 406 g/mol. The molecular formula is C25H28FN3O. The first-order valence-corrected chi connectivity index (χ1v) is 10.5. The molecule has 2 unspecified atom stereocenters. The zero-order chi connectivity index (χ0) is 21.5. The molecule has 5 heteroatoms. The summed E-state index contributed by atoms with van der Waals surface area (Å²) in [5, 5.41) is 3.10. The number of benzene rings is 2. The molecule has 1 N–H and O–H groups in total. The summed E-state index contributed by atoms with van der Waals surface area (Å²) < 4.78 is 16.0. The van der Waals surface area contributed by atoms with Gasteiger partial charge in [-0.25, -0.2) is 9.37 Å². The van der Waals surface area contributed by atoms with Crippen molar-refractivity contribution in [3.8, 4) is 11.4 Å². The van der Waals surface area contributed by atoms with Crippen LogP contribution < -0.4 is 5.32 Å². The Balaban J connectivity index is 1.92. The highest BCUT2D eigenvalue weighted by molar-refractivity contribution is 5.78. The molecule has 0 aliphatic carbocycles. The number of imidazole rings is 1. The molecule has 1 aliphatic heterocycles. The highest BCUT2D eigenvalue weighted by atomic mass is 19.1. The van der Waals surface area contributed by atoms with Gasteiger partial charge < -0.3 is 9.88 Å². The summed E-state index contributed by atoms with van der Waals surface area (Å²) in [6.45, 7) is 8.07. The summed E-state index contributed by atoms with van der Waals surface area (Å²) in [4.78, 5) is 17.6. The van der Waals surface area contributed by atoms with Crippen LogP contribution in [-0.4, -0.2) is 21.0 Å². The normalized spacial score (nSPS) is 18.6. The predicted octanol–water partition coefficient (Wildman–Crippen LogP) is 5.13. The molecule has 2 aromatic carbocycles. The molecule has 0 saturated carbocycles. The summed E-state index contributed by atoms with van der Waals surface area (Å²) in [5.74, 6) is 0.581. The highest BCUT2D eigenvalue weighted by Crippen LogP contribution is 2.52. The summed E-state index contributed by atoms with van der Waals surface area (Å²) in [6.07, 6.45) is 4.91. The van der Waals surface area contributed by atoms with Gasteiger partial charge in [0.15, 0.2) is 0 Å². The minimum Gasteiger partial charge on any atom is -0.351 e. The molecule has 2 atom stereocenters. The van der Waals surface area contributed by atoms with Crippen LogP contribution in [0.15, 0.2) is 60.9 Å². The lowest BCUT2D eigenvalue weighted by Crippen LogP contribution is -2.46. The lowest BCUT2D eigenvalue weighted by molar-refractivity contribution is -0.124. The molecule has 3 aromatic rings. The van der Waals surface area contributed by atoms with Crippen molar-refractivity contribution in [3.05, 3.63) is 77.9 Å². The fourth-order valence-electron chi connectivity index (χ4n) is 4.86. The van der Waals surface area contributed by atoms with Crippen molar-refractivity contribution in [3.63, 3.8) is 0 Å². The second kappa shape index (κ2) is 7.38. The average Bonchev–Trinajstić information content (AvgIpc) is 3.26. The van der Waals surface area contributed by atoms with Gasteiger partial charge in [0.25, 0.3) is 0 Å². The third kappa shape index (κ3) is 3.22. The van der Waals surface area contributed by atoms with Gasteiger partial charge in [-0.1, -0.05) is 43.3 Å². The first kappa shape index (κ1) is 20.3. The highest BCUT2D eigenvalue weighted by Gasteiger charge is 2.50. The number of hydrogen-bond donors (Lipinski definition) is 1. The van der Waals surface area contributed by atoms with Crippen molar-refractivity contribution < 1.29 is 9.18 Å². The molecule has 0 radical (unpaired) electrons. The number of aromatic nitrogens is 2. The molecule has 1 aromatic heterocycles. The summed E-state index contributed by atoms with van der Waals surface area (Å²) in [7, 11) is 0. The van der Waals surface area contributed by atoms with Crippen molar-refractivity contribution in [2.24, 2.45) is 5.92 Å². The molecule has 0 saturated heterocycles. The first-order chi connectivity index (χ1) is 14.3. The van der Waals surface area contributed by atoms with Crippen LogP contribution in [0.2, 0.25) is 0 Å². The van der Waals surface area contributed by atoms with Crippen molar-refractivity contribution >= 4 is 5.91 Å². The predicted molar refractivity (Wildman–Crippen MR) is 117 cm³/mol. The van der Waals surface area contributed by atoms with Gasteiger partial charge in [-0.15, -0.1) is 0 Å². The second-order valence-electron chi connectivity index (χ2n) is 9.05. The molecule has 156 valence electrons. The Morgan fingerprint density at radius 1 is 1.17 bits per heavy atom. The Morgan fingerprint density at radius 2 is 1.87 bits per heavy atom. The first-order valence-electron chi connectivity index (χ1n) is 10.5. The molecule has 0 fully saturated rings. The number of carbonyl (C=O) groups excluding carboxylic acids is 1. The zero-order valence-corrected chi connectivity index (χ0v) is 17.9. The summed E-state index contributed by atoms with van der Waals surface area (Å²) in [6, 6.07) is 14.9. The van der Waals surface area contributed by atoms with E-state index < -0.39 is 5.54 Å². The fourth-order valence-corrected chi connectivity index (χ4v) is 4.86. The van der Waals surface area contributed by atoms with Crippen molar-refractivity contribution in [1.82, 2.24) is 14.9 Å². The van der Waals surface area contributed by atoms with E-state index in [1.807, 2.05) is 51.2 Å². The van der Waals surface area contributed by atoms with Gasteiger partial charge >= 0.3 is 0 Å². The minimum absolute atomic E-state index is 0.0156. The molecule has 0 spiro atoms. The Morgan fingerprint density at radius 3 is 2.53 bits per heavy atom. The smallest absolute Gasteiger partial charge is 0.220 e. The molecule has 1 amide bonds. The SMILES string of the molecule is CCC(CC(=O)NC(C)(C)C)C1(c2ccc(F)cc2)c2ccccc2-c2nccn21. The van der Waals surface area contributed by atoms with E-state index in [1.54, 1.807) is 6.20 Å². The fraction of sp³-hybridized carbons (Fsp3) is 0.360. The topological polar surface area (TPSA) is 46.9 Å². The van der Waals surface area contributed by atoms with Crippen LogP contribution >= 0.6 is 0 Å². The maximum absolute atomic E-state index is 13.8. The van der Waals surface area contributed by atoms with Gasteiger partial charge in [-0.3, -0.25) is 4.79 Å². The molecule has 1 aliphatic rings. The number of halogens is 1. The number of hydrogen-bond acceptors (Lipinski definition) is 2. The lowest BCUT2D eigenvalue weighted by Gasteiger charge is -2.40. The van der Waals surface area contributed by atoms with E-state index >= 15 is 0 Å². The summed E-state index contributed by atoms with van der Waals surface area (Å²) in [5.41, 5.74) is 2.20. The summed E-state index contributed by atoms with van der Waals surface area (Å²) >= 11 is 0. The van der Waals surface area contributed by atoms with Gasteiger partial charge in [0, 0.05) is 29.9 Å². The third-order valence-electron chi connectivity index (χ3n) is 5.91. The third-order valence-corrected chi connectivity index (χ3v) is 5.91. The minimum atomic E-state index is -0.625. The number of carbonyl (C=O) groups is 1. The molecule has 4 nitrogen and oxygen atoms in total. The second-order valence-corrected chi connectivity index (χ2v) is 9.05. The monoisotopic (exact) mass is 405 g/mol. The van der Waals surface area contributed by atoms with Crippen molar-refractivity contribution in [2.75, 3.05) is 0 Å². The van der Waals surface area contributed by atoms with Crippen LogP contribution in [0.5, 0.6) is 0 Å². The van der Waals surface area contributed by atoms with Crippen LogP contribution in [0.25, 0.3) is 11.4 Å². The van der Waals surface area contributed by atoms with Gasteiger partial charge in [-0.05, 0) is 56.4 Å². The van der Waals surface area contributed by atoms with Crippen molar-refractivity contribution in [1.29, 1.82) is 0 Å². The largest absolute Gasteiger partial charge is 0.351 e. The Labute approximate surface area is 177 Å². The van der Waals surface area contributed by atoms with E-state index in [1.165, 1.54) is 12.1 Å². The van der Waals surface area contributed by atoms with Gasteiger partial charge in [0.2, 0.25) is 5.91 Å². The van der Waals surface area contributed by atoms with E-state index in [0.29, 0.717) is 6.42 Å². The molecule has 2 heterocycles. The number of amides is 1. The van der Waals surface area contributed by atoms with E-state index in [-0.39, 0.29) is 23.2 Å². The molecular weight excluding hydrogens is 377 g/mol. The van der Waals surface area contributed by atoms with Crippen LogP contribution in [0.4, 0.5) is 4.39 Å². The van der Waals surface area contributed by atoms with Crippen LogP contribution in [0.3, 0.4) is 0 Å². The number of rotatable bonds is 5. The number of nitrogens with zero attached hydrogens (tertiary/aromatic N) is 2. The van der Waals surface area contributed by atoms with E-state index in [4.69, 9.17) is 0 Å². The zero-order valence-electron chi connectivity index (χ0n) is 17.9. The molecule has 4 rings (SSSR count). The quantitative estimate of drug-likeness (QED) is 0.640. The van der Waals surface area contributed by atoms with E-state index in [0.717, 1.165) is 28.9 Å². The molecule has 0 bridgehead atoms. The lowest BCUT2D eigenvalue weighted by atomic mass is 9.70. The standard InChI is InChI=1S/C25H28FN3O/c1-5-17(16-22(30)28-24(2,3)4)25(18-10-12-19(26)13-11-18)21-9-7-6-8-20(21)23-27-14-15-29(23)25/h6-15,17H,5,16H2,1-4H3,(H,28,30). The Hall–Kier alpha value is -2.95. The van der Waals surface area contributed by atoms with Gasteiger partial charge in [-0.2, -0.15) is 0 Å². The molecule has 30 heavy (non-hydrogen) atoms. The van der Waals surface area contributed by atoms with Crippen LogP contribution in [0.1, 0.15) is 51.7 Å².